The van der Waals surface area contributed by atoms with Gasteiger partial charge in [0.2, 0.25) is 0 Å². The molecular weight excluding hydrogens is 425 g/mol. The second-order valence-electron chi connectivity index (χ2n) is 1.79. The van der Waals surface area contributed by atoms with E-state index >= 15 is 0 Å². The average Bonchev–Trinajstić information content (AvgIpc) is 2.19. The first-order chi connectivity index (χ1) is 6.81. The fourth-order valence-corrected chi connectivity index (χ4v) is 0. The van der Waals surface area contributed by atoms with Gasteiger partial charge in [0.15, 0.2) is 0 Å². The smallest absolute Gasteiger partial charge is 0.317 e. The summed E-state index contributed by atoms with van der Waals surface area (Å²) in [6.07, 6.45) is 0. The number of rotatable bonds is 3. The molecule has 1 unspecified atom stereocenters. The largest absolute Gasteiger partial charge is 0.480 e. The molecular formula is C6H18N3O6PW. The Balaban J connectivity index is -0.0000000400. The Hall–Kier alpha value is -0.592. The first kappa shape index (κ1) is 29.9. The van der Waals surface area contributed by atoms with Gasteiger partial charge in [0.05, 0.1) is 19.6 Å². The number of nitrogens with two attached hydrogens (primary N) is 3. The van der Waals surface area contributed by atoms with Gasteiger partial charge in [-0.1, -0.05) is 0 Å². The molecule has 0 amide bonds. The van der Waals surface area contributed by atoms with Crippen molar-refractivity contribution in [1.29, 1.82) is 0 Å². The van der Waals surface area contributed by atoms with Gasteiger partial charge in [-0.05, 0) is 0 Å². The Labute approximate surface area is 116 Å². The fourth-order valence-electron chi connectivity index (χ4n) is 0. The van der Waals surface area contributed by atoms with Crippen LogP contribution in [-0.4, -0.2) is 52.9 Å². The van der Waals surface area contributed by atoms with Gasteiger partial charge >= 0.3 is 17.9 Å². The van der Waals surface area contributed by atoms with Crippen molar-refractivity contribution >= 4 is 27.8 Å². The zero-order valence-electron chi connectivity index (χ0n) is 9.04. The van der Waals surface area contributed by atoms with Crippen molar-refractivity contribution in [2.24, 2.45) is 17.2 Å². The van der Waals surface area contributed by atoms with Crippen LogP contribution in [0.1, 0.15) is 0 Å². The number of hydrogen-bond acceptors (Lipinski definition) is 6. The van der Waals surface area contributed by atoms with Crippen LogP contribution < -0.4 is 17.2 Å². The summed E-state index contributed by atoms with van der Waals surface area (Å²) in [4.78, 5) is 27.7. The number of carbonyl (C=O) groups is 3. The minimum absolute atomic E-state index is 0. The van der Waals surface area contributed by atoms with Gasteiger partial charge in [0.25, 0.3) is 0 Å². The van der Waals surface area contributed by atoms with E-state index < -0.39 is 17.9 Å². The molecule has 17 heavy (non-hydrogen) atoms. The average molecular weight is 443 g/mol. The van der Waals surface area contributed by atoms with E-state index in [4.69, 9.17) is 15.3 Å². The van der Waals surface area contributed by atoms with E-state index in [2.05, 4.69) is 17.2 Å². The summed E-state index contributed by atoms with van der Waals surface area (Å²) >= 11 is 0. The second-order valence-corrected chi connectivity index (χ2v) is 1.79. The van der Waals surface area contributed by atoms with Crippen LogP contribution in [0.2, 0.25) is 0 Å². The van der Waals surface area contributed by atoms with Crippen molar-refractivity contribution in [3.63, 3.8) is 0 Å². The third kappa shape index (κ3) is 94.7. The summed E-state index contributed by atoms with van der Waals surface area (Å²) in [5.74, 6) is -2.90. The molecule has 104 valence electrons. The van der Waals surface area contributed by atoms with Crippen molar-refractivity contribution in [2.45, 2.75) is 0 Å². The molecule has 11 heteroatoms. The molecule has 0 bridgehead atoms. The molecule has 0 radical (unpaired) electrons. The van der Waals surface area contributed by atoms with E-state index in [0.29, 0.717) is 0 Å². The molecule has 0 aliphatic carbocycles. The third-order valence-electron chi connectivity index (χ3n) is 0.524. The Bertz CT molecular complexity index is 173. The van der Waals surface area contributed by atoms with E-state index in [-0.39, 0.29) is 50.6 Å². The Morgan fingerprint density at radius 2 is 0.765 bits per heavy atom. The number of aliphatic carboxylic acids is 3. The molecule has 0 aromatic carbocycles. The molecule has 0 aromatic rings. The molecule has 0 fully saturated rings. The van der Waals surface area contributed by atoms with Gasteiger partial charge in [-0.3, -0.25) is 14.4 Å². The molecule has 0 saturated heterocycles. The van der Waals surface area contributed by atoms with Gasteiger partial charge in [0.1, 0.15) is 0 Å². The zero-order valence-corrected chi connectivity index (χ0v) is 13.4. The molecule has 0 heterocycles. The van der Waals surface area contributed by atoms with Crippen LogP contribution in [0.15, 0.2) is 0 Å². The summed E-state index contributed by atoms with van der Waals surface area (Å²) in [5, 5.41) is 22.8. The first-order valence-electron chi connectivity index (χ1n) is 3.57. The summed E-state index contributed by atoms with van der Waals surface area (Å²) in [7, 11) is 0. The maximum atomic E-state index is 9.24. The van der Waals surface area contributed by atoms with Crippen molar-refractivity contribution in [3.05, 3.63) is 0 Å². The van der Waals surface area contributed by atoms with E-state index in [1.165, 1.54) is 0 Å². The topological polar surface area (TPSA) is 190 Å². The van der Waals surface area contributed by atoms with Crippen molar-refractivity contribution < 1.29 is 50.8 Å². The molecule has 0 aliphatic heterocycles. The van der Waals surface area contributed by atoms with Crippen molar-refractivity contribution in [1.82, 2.24) is 0 Å². The van der Waals surface area contributed by atoms with E-state index in [0.717, 1.165) is 0 Å². The van der Waals surface area contributed by atoms with Crippen molar-refractivity contribution in [3.8, 4) is 0 Å². The van der Waals surface area contributed by atoms with Crippen LogP contribution in [-0.2, 0) is 35.4 Å². The molecule has 0 aliphatic rings. The molecule has 9 nitrogen and oxygen atoms in total. The molecule has 0 rings (SSSR count). The second kappa shape index (κ2) is 24.6. The van der Waals surface area contributed by atoms with Gasteiger partial charge in [0, 0.05) is 21.1 Å². The van der Waals surface area contributed by atoms with Crippen LogP contribution in [0.5, 0.6) is 0 Å². The molecule has 0 aromatic heterocycles. The van der Waals surface area contributed by atoms with Crippen LogP contribution >= 0.6 is 9.90 Å². The maximum absolute atomic E-state index is 9.24. The zero-order chi connectivity index (χ0) is 12.9. The summed E-state index contributed by atoms with van der Waals surface area (Å²) in [6.45, 7) is -0.833. The van der Waals surface area contributed by atoms with Crippen LogP contribution in [0.4, 0.5) is 0 Å². The Morgan fingerprint density at radius 1 is 0.706 bits per heavy atom. The van der Waals surface area contributed by atoms with Crippen molar-refractivity contribution in [2.75, 3.05) is 19.6 Å². The van der Waals surface area contributed by atoms with Crippen LogP contribution in [0.3, 0.4) is 0 Å². The number of carboxylic acids is 3. The third-order valence-corrected chi connectivity index (χ3v) is 0.524. The summed E-state index contributed by atoms with van der Waals surface area (Å²) in [5.41, 5.74) is 13.7. The minimum Gasteiger partial charge on any atom is -0.480 e. The van der Waals surface area contributed by atoms with Crippen LogP contribution in [0, 0.1) is 0 Å². The quantitative estimate of drug-likeness (QED) is 0.249. The van der Waals surface area contributed by atoms with E-state index in [1.54, 1.807) is 0 Å². The predicted octanol–water partition coefficient (Wildman–Crippen LogP) is -2.86. The normalized spacial score (nSPS) is 6.53. The molecule has 0 spiro atoms. The fraction of sp³-hybridized carbons (Fsp3) is 0.500. The molecule has 9 N–H and O–H groups in total. The Morgan fingerprint density at radius 3 is 0.765 bits per heavy atom. The summed E-state index contributed by atoms with van der Waals surface area (Å²) < 4.78 is 0. The van der Waals surface area contributed by atoms with Crippen LogP contribution in [0.25, 0.3) is 0 Å². The molecule has 1 atom stereocenters. The van der Waals surface area contributed by atoms with Gasteiger partial charge in [-0.2, -0.15) is 9.90 Å². The Kier molecular flexibility index (Phi) is 43.3. The predicted molar refractivity (Wildman–Crippen MR) is 61.2 cm³/mol. The minimum atomic E-state index is -0.968. The van der Waals surface area contributed by atoms with E-state index in [9.17, 15) is 14.4 Å². The van der Waals surface area contributed by atoms with Gasteiger partial charge < -0.3 is 32.5 Å². The molecule has 0 saturated carbocycles. The number of hydrogen-bond donors (Lipinski definition) is 6. The SMILES string of the molecule is NCC(=O)O.NCC(=O)O.NCC(=O)O.P.[W]. The van der Waals surface area contributed by atoms with E-state index in [1.807, 2.05) is 0 Å². The maximum Gasteiger partial charge on any atom is 0.317 e. The monoisotopic (exact) mass is 443 g/mol. The standard InChI is InChI=1S/3C2H5NO2.H3P.W/c3*3-1-2(4)5;;/h3*1,3H2,(H,4,5);1H3;. The van der Waals surface area contributed by atoms with Gasteiger partial charge in [-0.25, -0.2) is 0 Å². The summed E-state index contributed by atoms with van der Waals surface area (Å²) in [6, 6.07) is 0. The van der Waals surface area contributed by atoms with Gasteiger partial charge in [-0.15, -0.1) is 0 Å². The first-order valence-corrected chi connectivity index (χ1v) is 3.57. The number of carboxylic acid groups (broad SMARTS) is 3.